The van der Waals surface area contributed by atoms with E-state index in [9.17, 15) is 4.79 Å². The first-order valence-electron chi connectivity index (χ1n) is 5.43. The Bertz CT molecular complexity index is 93.8. The first kappa shape index (κ1) is 23.9. The number of aliphatic hydroxyl groups excluding tert-OH is 1. The Morgan fingerprint density at radius 1 is 1.00 bits per heavy atom. The summed E-state index contributed by atoms with van der Waals surface area (Å²) in [5, 5.41) is 15.3. The molecule has 0 aromatic heterocycles. The van der Waals surface area contributed by atoms with Crippen molar-refractivity contribution < 1.29 is 15.0 Å². The van der Waals surface area contributed by atoms with Crippen molar-refractivity contribution in [1.82, 2.24) is 6.15 Å². The lowest BCUT2D eigenvalue weighted by Gasteiger charge is -1.86. The van der Waals surface area contributed by atoms with Crippen molar-refractivity contribution in [2.75, 3.05) is 6.61 Å². The molecule has 0 saturated carbocycles. The van der Waals surface area contributed by atoms with E-state index in [0.29, 0.717) is 0 Å². The largest absolute Gasteiger partial charge is 0.481 e. The monoisotopic (exact) mass is 223 g/mol. The number of rotatable bonds is 4. The Morgan fingerprint density at radius 2 is 1.20 bits per heavy atom. The van der Waals surface area contributed by atoms with Gasteiger partial charge in [-0.2, -0.15) is 0 Å². The molecule has 0 rings (SSSR count). The molecule has 0 bridgehead atoms. The highest BCUT2D eigenvalue weighted by Gasteiger charge is 1.80. The molecule has 4 heteroatoms. The van der Waals surface area contributed by atoms with Crippen LogP contribution in [0.2, 0.25) is 0 Å². The molecule has 0 aliphatic heterocycles. The minimum atomic E-state index is -0.745. The van der Waals surface area contributed by atoms with Gasteiger partial charge in [0.15, 0.2) is 0 Å². The first-order valence-corrected chi connectivity index (χ1v) is 5.43. The van der Waals surface area contributed by atoms with E-state index in [2.05, 4.69) is 13.8 Å². The maximum absolute atomic E-state index is 9.37. The molecule has 0 amide bonds. The van der Waals surface area contributed by atoms with E-state index in [1.807, 2.05) is 0 Å². The second kappa shape index (κ2) is 29.2. The molecule has 15 heavy (non-hydrogen) atoms. The molecular weight excluding hydrogens is 194 g/mol. The zero-order chi connectivity index (χ0) is 11.8. The van der Waals surface area contributed by atoms with E-state index in [1.165, 1.54) is 25.7 Å². The van der Waals surface area contributed by atoms with Gasteiger partial charge < -0.3 is 16.4 Å². The third kappa shape index (κ3) is 90.1. The van der Waals surface area contributed by atoms with Gasteiger partial charge in [-0.05, 0) is 6.92 Å². The molecule has 0 aromatic rings. The summed E-state index contributed by atoms with van der Waals surface area (Å²) in [6.45, 7) is 7.99. The van der Waals surface area contributed by atoms with Gasteiger partial charge in [0, 0.05) is 13.0 Å². The first-order chi connectivity index (χ1) is 6.60. The predicted octanol–water partition coefficient (Wildman–Crippen LogP) is 3.23. The quantitative estimate of drug-likeness (QED) is 0.638. The summed E-state index contributed by atoms with van der Waals surface area (Å²) in [6, 6.07) is 0. The van der Waals surface area contributed by atoms with Crippen LogP contribution in [0.4, 0.5) is 0 Å². The Hall–Kier alpha value is -0.610. The SMILES string of the molecule is CCC(=O)O.CCCCCC.CCO.N. The summed E-state index contributed by atoms with van der Waals surface area (Å²) in [4.78, 5) is 9.37. The van der Waals surface area contributed by atoms with Crippen molar-refractivity contribution in [2.45, 2.75) is 59.8 Å². The molecule has 0 radical (unpaired) electrons. The number of unbranched alkanes of at least 4 members (excludes halogenated alkanes) is 3. The maximum atomic E-state index is 9.37. The van der Waals surface area contributed by atoms with Crippen LogP contribution < -0.4 is 6.15 Å². The van der Waals surface area contributed by atoms with E-state index >= 15 is 0 Å². The molecule has 0 saturated heterocycles. The molecule has 96 valence electrons. The minimum absolute atomic E-state index is 0. The molecule has 0 atom stereocenters. The van der Waals surface area contributed by atoms with Crippen LogP contribution in [0.25, 0.3) is 0 Å². The molecule has 0 aliphatic carbocycles. The molecule has 0 heterocycles. The highest BCUT2D eigenvalue weighted by atomic mass is 16.4. The summed E-state index contributed by atoms with van der Waals surface area (Å²) in [6.07, 6.45) is 5.76. The lowest BCUT2D eigenvalue weighted by Crippen LogP contribution is -1.86. The second-order valence-electron chi connectivity index (χ2n) is 2.77. The third-order valence-electron chi connectivity index (χ3n) is 1.26. The number of carboxylic acids is 1. The van der Waals surface area contributed by atoms with Gasteiger partial charge in [0.25, 0.3) is 0 Å². The van der Waals surface area contributed by atoms with E-state index < -0.39 is 5.97 Å². The van der Waals surface area contributed by atoms with E-state index in [1.54, 1.807) is 13.8 Å². The van der Waals surface area contributed by atoms with Gasteiger partial charge in [-0.1, -0.05) is 46.5 Å². The number of aliphatic hydroxyl groups is 1. The van der Waals surface area contributed by atoms with Gasteiger partial charge in [-0.3, -0.25) is 4.79 Å². The lowest BCUT2D eigenvalue weighted by atomic mass is 10.2. The maximum Gasteiger partial charge on any atom is 0.303 e. The van der Waals surface area contributed by atoms with E-state index in [0.717, 1.165) is 0 Å². The Morgan fingerprint density at radius 3 is 1.27 bits per heavy atom. The lowest BCUT2D eigenvalue weighted by molar-refractivity contribution is -0.136. The Kier molecular flexibility index (Phi) is 46.5. The number of carboxylic acid groups (broad SMARTS) is 1. The summed E-state index contributed by atoms with van der Waals surface area (Å²) in [7, 11) is 0. The average molecular weight is 223 g/mol. The van der Waals surface area contributed by atoms with Crippen LogP contribution in [-0.2, 0) is 4.79 Å². The van der Waals surface area contributed by atoms with Gasteiger partial charge in [-0.25, -0.2) is 0 Å². The van der Waals surface area contributed by atoms with E-state index in [4.69, 9.17) is 10.2 Å². The van der Waals surface area contributed by atoms with Crippen molar-refractivity contribution in [2.24, 2.45) is 0 Å². The number of carbonyl (C=O) groups is 1. The van der Waals surface area contributed by atoms with Gasteiger partial charge in [-0.15, -0.1) is 0 Å². The van der Waals surface area contributed by atoms with Crippen LogP contribution in [0.1, 0.15) is 59.8 Å². The number of hydrogen-bond donors (Lipinski definition) is 3. The van der Waals surface area contributed by atoms with Gasteiger partial charge in [0.05, 0.1) is 0 Å². The van der Waals surface area contributed by atoms with Crippen LogP contribution in [-0.4, -0.2) is 22.8 Å². The van der Waals surface area contributed by atoms with Crippen molar-refractivity contribution in [3.8, 4) is 0 Å². The van der Waals surface area contributed by atoms with Crippen molar-refractivity contribution in [3.63, 3.8) is 0 Å². The molecule has 0 fully saturated rings. The molecule has 0 spiro atoms. The van der Waals surface area contributed by atoms with Crippen LogP contribution >= 0.6 is 0 Å². The molecule has 0 aliphatic rings. The summed E-state index contributed by atoms with van der Waals surface area (Å²) >= 11 is 0. The topological polar surface area (TPSA) is 92.5 Å². The fourth-order valence-corrected chi connectivity index (χ4v) is 0.500. The van der Waals surface area contributed by atoms with Crippen LogP contribution in [0.15, 0.2) is 0 Å². The summed E-state index contributed by atoms with van der Waals surface area (Å²) in [5.41, 5.74) is 0. The number of hydrogen-bond acceptors (Lipinski definition) is 3. The third-order valence-corrected chi connectivity index (χ3v) is 1.26. The van der Waals surface area contributed by atoms with Gasteiger partial charge >= 0.3 is 5.97 Å². The molecule has 0 aromatic carbocycles. The molecule has 5 N–H and O–H groups in total. The highest BCUT2D eigenvalue weighted by Crippen LogP contribution is 1.95. The standard InChI is InChI=1S/C6H14.C3H6O2.C2H6O.H3N/c1-3-5-6-4-2;1-2-3(4)5;1-2-3;/h3-6H2,1-2H3;2H2,1H3,(H,4,5);3H,2H2,1H3;1H3. The fraction of sp³-hybridized carbons (Fsp3) is 0.909. The zero-order valence-corrected chi connectivity index (χ0v) is 10.8. The van der Waals surface area contributed by atoms with Crippen molar-refractivity contribution in [3.05, 3.63) is 0 Å². The highest BCUT2D eigenvalue weighted by molar-refractivity contribution is 5.66. The van der Waals surface area contributed by atoms with Crippen molar-refractivity contribution in [1.29, 1.82) is 0 Å². The summed E-state index contributed by atoms with van der Waals surface area (Å²) in [5.74, 6) is -0.745. The Balaban J connectivity index is -0.0000000617. The normalized spacial score (nSPS) is 7.27. The predicted molar refractivity (Wildman–Crippen MR) is 65.5 cm³/mol. The molecule has 4 nitrogen and oxygen atoms in total. The van der Waals surface area contributed by atoms with Crippen LogP contribution in [0.5, 0.6) is 0 Å². The fourth-order valence-electron chi connectivity index (χ4n) is 0.500. The van der Waals surface area contributed by atoms with Crippen LogP contribution in [0, 0.1) is 0 Å². The smallest absolute Gasteiger partial charge is 0.303 e. The minimum Gasteiger partial charge on any atom is -0.481 e. The van der Waals surface area contributed by atoms with Crippen molar-refractivity contribution >= 4 is 5.97 Å². The summed E-state index contributed by atoms with van der Waals surface area (Å²) < 4.78 is 0. The van der Waals surface area contributed by atoms with E-state index in [-0.39, 0.29) is 19.2 Å². The van der Waals surface area contributed by atoms with Crippen LogP contribution in [0.3, 0.4) is 0 Å². The Labute approximate surface area is 94.3 Å². The average Bonchev–Trinajstić information content (AvgIpc) is 2.17. The second-order valence-corrected chi connectivity index (χ2v) is 2.77. The molecular formula is C11H29NO3. The van der Waals surface area contributed by atoms with Gasteiger partial charge in [0.2, 0.25) is 0 Å². The number of aliphatic carboxylic acids is 1. The van der Waals surface area contributed by atoms with Gasteiger partial charge in [0.1, 0.15) is 0 Å². The molecule has 0 unspecified atom stereocenters. The zero-order valence-electron chi connectivity index (χ0n) is 10.8.